The highest BCUT2D eigenvalue weighted by atomic mass is 16.1. The first-order chi connectivity index (χ1) is 4.81. The number of nitrogens with zero attached hydrogens (tertiary/aromatic N) is 2. The molecule has 0 aliphatic carbocycles. The molecule has 0 aromatic rings. The minimum Gasteiger partial charge on any atom is -0.211 e. The molecule has 10 heavy (non-hydrogen) atoms. The second-order valence-corrected chi connectivity index (χ2v) is 1.83. The van der Waals surface area contributed by atoms with Gasteiger partial charge in [-0.2, -0.15) is 0 Å². The van der Waals surface area contributed by atoms with Gasteiger partial charge in [0.25, 0.3) is 0 Å². The summed E-state index contributed by atoms with van der Waals surface area (Å²) in [5.41, 5.74) is 0. The molecular weight excluding hydrogens is 132 g/mol. The summed E-state index contributed by atoms with van der Waals surface area (Å²) in [4.78, 5) is 25.9. The van der Waals surface area contributed by atoms with Crippen molar-refractivity contribution >= 4 is 12.2 Å². The van der Waals surface area contributed by atoms with Crippen LogP contribution in [0.1, 0.15) is 13.3 Å². The van der Waals surface area contributed by atoms with Crippen LogP contribution in [-0.4, -0.2) is 24.7 Å². The van der Waals surface area contributed by atoms with Crippen molar-refractivity contribution in [1.82, 2.24) is 0 Å². The zero-order valence-electron chi connectivity index (χ0n) is 5.70. The van der Waals surface area contributed by atoms with Crippen molar-refractivity contribution < 1.29 is 9.59 Å². The Balaban J connectivity index is 3.48. The summed E-state index contributed by atoms with van der Waals surface area (Å²) in [6.45, 7) is 2.13. The topological polar surface area (TPSA) is 58.9 Å². The molecule has 0 heterocycles. The first-order valence-corrected chi connectivity index (χ1v) is 2.92. The van der Waals surface area contributed by atoms with E-state index < -0.39 is 0 Å². The van der Waals surface area contributed by atoms with Gasteiger partial charge in [0.2, 0.25) is 12.2 Å². The highest BCUT2D eigenvalue weighted by Gasteiger charge is 1.95. The monoisotopic (exact) mass is 140 g/mol. The van der Waals surface area contributed by atoms with Crippen LogP contribution in [0.2, 0.25) is 0 Å². The van der Waals surface area contributed by atoms with Crippen molar-refractivity contribution in [2.75, 3.05) is 6.54 Å². The highest BCUT2D eigenvalue weighted by molar-refractivity contribution is 5.33. The summed E-state index contributed by atoms with van der Waals surface area (Å²) in [5, 5.41) is 0. The molecule has 4 nitrogen and oxygen atoms in total. The predicted octanol–water partition coefficient (Wildman–Crippen LogP) is 0.437. The summed E-state index contributed by atoms with van der Waals surface area (Å²) < 4.78 is 0. The Morgan fingerprint density at radius 1 is 1.40 bits per heavy atom. The Kier molecular flexibility index (Phi) is 5.16. The molecule has 0 aliphatic rings. The number of rotatable bonds is 4. The molecule has 0 amide bonds. The second-order valence-electron chi connectivity index (χ2n) is 1.83. The first kappa shape index (κ1) is 8.76. The Bertz CT molecular complexity index is 178. The van der Waals surface area contributed by atoms with Gasteiger partial charge in [-0.1, -0.05) is 0 Å². The molecule has 0 rings (SSSR count). The molecule has 0 saturated heterocycles. The summed E-state index contributed by atoms with van der Waals surface area (Å²) >= 11 is 0. The molecule has 0 aromatic heterocycles. The highest BCUT2D eigenvalue weighted by Crippen LogP contribution is 1.93. The second kappa shape index (κ2) is 5.89. The van der Waals surface area contributed by atoms with E-state index in [1.54, 1.807) is 6.92 Å². The molecule has 1 atom stereocenters. The Hall–Kier alpha value is -1.24. The van der Waals surface area contributed by atoms with Gasteiger partial charge in [-0.05, 0) is 13.3 Å². The zero-order chi connectivity index (χ0) is 7.82. The fourth-order valence-electron chi connectivity index (χ4n) is 0.452. The summed E-state index contributed by atoms with van der Waals surface area (Å²) in [6.07, 6.45) is 3.42. The fourth-order valence-corrected chi connectivity index (χ4v) is 0.452. The van der Waals surface area contributed by atoms with Gasteiger partial charge < -0.3 is 0 Å². The van der Waals surface area contributed by atoms with E-state index in [2.05, 4.69) is 9.98 Å². The van der Waals surface area contributed by atoms with E-state index in [1.165, 1.54) is 12.2 Å². The smallest absolute Gasteiger partial charge is 0.211 e. The number of isocyanates is 2. The van der Waals surface area contributed by atoms with Crippen molar-refractivity contribution in [1.29, 1.82) is 0 Å². The average molecular weight is 140 g/mol. The van der Waals surface area contributed by atoms with Crippen molar-refractivity contribution in [2.24, 2.45) is 9.98 Å². The third-order valence-electron chi connectivity index (χ3n) is 0.996. The quantitative estimate of drug-likeness (QED) is 0.420. The summed E-state index contributed by atoms with van der Waals surface area (Å²) in [7, 11) is 0. The van der Waals surface area contributed by atoms with Gasteiger partial charge in [-0.15, -0.1) is 0 Å². The van der Waals surface area contributed by atoms with E-state index in [0.717, 1.165) is 0 Å². The largest absolute Gasteiger partial charge is 0.235 e. The third-order valence-corrected chi connectivity index (χ3v) is 0.996. The summed E-state index contributed by atoms with van der Waals surface area (Å²) in [6, 6.07) is -0.102. The van der Waals surface area contributed by atoms with Crippen LogP contribution in [-0.2, 0) is 9.59 Å². The van der Waals surface area contributed by atoms with Crippen LogP contribution in [0.25, 0.3) is 0 Å². The van der Waals surface area contributed by atoms with Gasteiger partial charge in [0.15, 0.2) is 0 Å². The number of carbonyl (C=O) groups excluding carboxylic acids is 2. The van der Waals surface area contributed by atoms with E-state index >= 15 is 0 Å². The van der Waals surface area contributed by atoms with Gasteiger partial charge in [-0.25, -0.2) is 19.6 Å². The molecule has 54 valence electrons. The molecule has 4 heteroatoms. The van der Waals surface area contributed by atoms with Crippen LogP contribution >= 0.6 is 0 Å². The van der Waals surface area contributed by atoms with E-state index in [1.807, 2.05) is 0 Å². The molecule has 0 radical (unpaired) electrons. The van der Waals surface area contributed by atoms with Crippen molar-refractivity contribution in [2.45, 2.75) is 19.4 Å². The summed E-state index contributed by atoms with van der Waals surface area (Å²) in [5.74, 6) is 0. The number of hydrogen-bond donors (Lipinski definition) is 0. The van der Waals surface area contributed by atoms with E-state index in [9.17, 15) is 9.59 Å². The minimum absolute atomic E-state index is 0.102. The lowest BCUT2D eigenvalue weighted by atomic mass is 10.2. The minimum atomic E-state index is -0.102. The molecule has 0 aliphatic heterocycles. The lowest BCUT2D eigenvalue weighted by molar-refractivity contribution is 0.553. The van der Waals surface area contributed by atoms with E-state index in [0.29, 0.717) is 13.0 Å². The van der Waals surface area contributed by atoms with Crippen LogP contribution in [0.15, 0.2) is 9.98 Å². The molecule has 0 spiro atoms. The SMILES string of the molecule is CC(CCN=C=O)N=C=O. The lowest BCUT2D eigenvalue weighted by Crippen LogP contribution is -1.98. The van der Waals surface area contributed by atoms with Crippen molar-refractivity contribution in [3.63, 3.8) is 0 Å². The number of hydrogen-bond acceptors (Lipinski definition) is 4. The van der Waals surface area contributed by atoms with Crippen LogP contribution < -0.4 is 0 Å². The van der Waals surface area contributed by atoms with Gasteiger partial charge in [0, 0.05) is 0 Å². The van der Waals surface area contributed by atoms with Crippen molar-refractivity contribution in [3.05, 3.63) is 0 Å². The third kappa shape index (κ3) is 4.91. The first-order valence-electron chi connectivity index (χ1n) is 2.92. The molecule has 0 saturated carbocycles. The van der Waals surface area contributed by atoms with E-state index in [-0.39, 0.29) is 6.04 Å². The molecular formula is C6H8N2O2. The maximum absolute atomic E-state index is 9.65. The molecule has 0 aromatic carbocycles. The van der Waals surface area contributed by atoms with Gasteiger partial charge in [-0.3, -0.25) is 0 Å². The normalized spacial score (nSPS) is 10.9. The Morgan fingerprint density at radius 3 is 2.60 bits per heavy atom. The maximum atomic E-state index is 9.65. The average Bonchev–Trinajstić information content (AvgIpc) is 1.89. The van der Waals surface area contributed by atoms with Crippen LogP contribution in [0.5, 0.6) is 0 Å². The van der Waals surface area contributed by atoms with Crippen LogP contribution in [0, 0.1) is 0 Å². The molecule has 0 fully saturated rings. The van der Waals surface area contributed by atoms with Crippen LogP contribution in [0.4, 0.5) is 0 Å². The van der Waals surface area contributed by atoms with Crippen LogP contribution in [0.3, 0.4) is 0 Å². The molecule has 0 bridgehead atoms. The predicted molar refractivity (Wildman–Crippen MR) is 35.2 cm³/mol. The van der Waals surface area contributed by atoms with Gasteiger partial charge in [0.1, 0.15) is 0 Å². The maximum Gasteiger partial charge on any atom is 0.235 e. The lowest BCUT2D eigenvalue weighted by Gasteiger charge is -1.96. The molecule has 0 N–H and O–H groups in total. The Morgan fingerprint density at radius 2 is 2.10 bits per heavy atom. The standard InChI is InChI=1S/C6H8N2O2/c1-6(8-5-10)2-3-7-4-9/h6H,2-3H2,1H3. The zero-order valence-corrected chi connectivity index (χ0v) is 5.70. The number of aliphatic imine (C=N–C) groups is 2. The van der Waals surface area contributed by atoms with Gasteiger partial charge in [0.05, 0.1) is 12.6 Å². The van der Waals surface area contributed by atoms with Gasteiger partial charge >= 0.3 is 0 Å². The van der Waals surface area contributed by atoms with Crippen molar-refractivity contribution in [3.8, 4) is 0 Å². The van der Waals surface area contributed by atoms with E-state index in [4.69, 9.17) is 0 Å². The molecule has 1 unspecified atom stereocenters. The fraction of sp³-hybridized carbons (Fsp3) is 0.667. The Labute approximate surface area is 58.7 Å².